The van der Waals surface area contributed by atoms with E-state index in [2.05, 4.69) is 15.3 Å². The molecule has 1 fully saturated rings. The lowest BCUT2D eigenvalue weighted by Gasteiger charge is -2.36. The molecule has 3 aromatic rings. The number of aromatic hydroxyl groups is 1. The minimum atomic E-state index is -0.810. The molecule has 4 rings (SSSR count). The van der Waals surface area contributed by atoms with Crippen LogP contribution in [0.15, 0.2) is 39.5 Å². The molecule has 176 valence electrons. The Bertz CT molecular complexity index is 1150. The number of hydrogen-bond donors (Lipinski definition) is 3. The van der Waals surface area contributed by atoms with Gasteiger partial charge in [-0.15, -0.1) is 0 Å². The van der Waals surface area contributed by atoms with Crippen LogP contribution in [0.3, 0.4) is 0 Å². The van der Waals surface area contributed by atoms with Gasteiger partial charge in [-0.2, -0.15) is 11.8 Å². The summed E-state index contributed by atoms with van der Waals surface area (Å²) < 4.78 is 11.3. The number of carbonyl (C=O) groups is 1. The van der Waals surface area contributed by atoms with Crippen LogP contribution >= 0.6 is 11.8 Å². The van der Waals surface area contributed by atoms with E-state index in [1.807, 2.05) is 30.5 Å². The summed E-state index contributed by atoms with van der Waals surface area (Å²) in [6.07, 6.45) is 3.76. The normalized spacial score (nSPS) is 16.5. The number of fused-ring (bicyclic) bond motifs is 1. The standard InChI is InChI=1S/C24H29N3O5S/c1-15-13-19(28)21(30)22(32-15)24(8-10-31-11-9-24)14-20(29)25-18(7-12-33-2)23-26-16-5-3-4-6-17(16)27-23/h3-6,13,18,30H,7-12,14H2,1-2H3,(H,25,29)(H,26,27)/t18-/m0/s1. The Labute approximate surface area is 196 Å². The molecule has 3 N–H and O–H groups in total. The maximum absolute atomic E-state index is 13.3. The summed E-state index contributed by atoms with van der Waals surface area (Å²) >= 11 is 1.70. The third-order valence-electron chi connectivity index (χ3n) is 6.16. The summed E-state index contributed by atoms with van der Waals surface area (Å²) in [6.45, 7) is 2.51. The number of ether oxygens (including phenoxy) is 1. The van der Waals surface area contributed by atoms with Crippen LogP contribution < -0.4 is 10.7 Å². The van der Waals surface area contributed by atoms with Crippen molar-refractivity contribution in [1.82, 2.24) is 15.3 Å². The molecule has 0 radical (unpaired) electrons. The number of thioether (sulfide) groups is 1. The highest BCUT2D eigenvalue weighted by molar-refractivity contribution is 7.98. The van der Waals surface area contributed by atoms with Crippen LogP contribution in [-0.4, -0.2) is 46.2 Å². The summed E-state index contributed by atoms with van der Waals surface area (Å²) in [5, 5.41) is 13.6. The number of imidazole rings is 1. The van der Waals surface area contributed by atoms with E-state index in [0.29, 0.717) is 44.1 Å². The second-order valence-electron chi connectivity index (χ2n) is 8.51. The van der Waals surface area contributed by atoms with Gasteiger partial charge in [-0.05, 0) is 50.3 Å². The van der Waals surface area contributed by atoms with Crippen LogP contribution in [-0.2, 0) is 14.9 Å². The number of para-hydroxylation sites is 2. The molecule has 0 aliphatic carbocycles. The predicted octanol–water partition coefficient (Wildman–Crippen LogP) is 3.58. The van der Waals surface area contributed by atoms with Gasteiger partial charge in [0.2, 0.25) is 17.1 Å². The Morgan fingerprint density at radius 3 is 2.82 bits per heavy atom. The van der Waals surface area contributed by atoms with Crippen LogP contribution in [0.25, 0.3) is 11.0 Å². The highest BCUT2D eigenvalue weighted by Crippen LogP contribution is 2.41. The molecule has 1 aromatic carbocycles. The van der Waals surface area contributed by atoms with Crippen LogP contribution in [0.5, 0.6) is 5.75 Å². The van der Waals surface area contributed by atoms with Gasteiger partial charge >= 0.3 is 0 Å². The zero-order valence-corrected chi connectivity index (χ0v) is 19.7. The van der Waals surface area contributed by atoms with Gasteiger partial charge in [-0.25, -0.2) is 4.98 Å². The number of aromatic nitrogens is 2. The van der Waals surface area contributed by atoms with E-state index in [1.54, 1.807) is 18.7 Å². The Hall–Kier alpha value is -2.78. The van der Waals surface area contributed by atoms with Crippen molar-refractivity contribution in [2.75, 3.05) is 25.2 Å². The van der Waals surface area contributed by atoms with E-state index in [0.717, 1.165) is 16.8 Å². The summed E-state index contributed by atoms with van der Waals surface area (Å²) in [5.74, 6) is 1.53. The maximum atomic E-state index is 13.3. The fraction of sp³-hybridized carbons (Fsp3) is 0.458. The van der Waals surface area contributed by atoms with Crippen molar-refractivity contribution in [2.24, 2.45) is 0 Å². The van der Waals surface area contributed by atoms with Gasteiger partial charge < -0.3 is 24.6 Å². The summed E-state index contributed by atoms with van der Waals surface area (Å²) in [7, 11) is 0. The van der Waals surface area contributed by atoms with Gasteiger partial charge in [0.05, 0.1) is 17.1 Å². The minimum Gasteiger partial charge on any atom is -0.502 e. The zero-order chi connectivity index (χ0) is 23.4. The van der Waals surface area contributed by atoms with E-state index in [9.17, 15) is 14.7 Å². The van der Waals surface area contributed by atoms with Crippen molar-refractivity contribution in [1.29, 1.82) is 0 Å². The van der Waals surface area contributed by atoms with Gasteiger partial charge in [0.1, 0.15) is 11.6 Å². The second-order valence-corrected chi connectivity index (χ2v) is 9.49. The third-order valence-corrected chi connectivity index (χ3v) is 6.80. The number of benzene rings is 1. The SMILES string of the molecule is CSCC[C@H](NC(=O)CC1(c2oc(C)cc(=O)c2O)CCOCC1)c1nc2ccccc2[nH]1. The largest absolute Gasteiger partial charge is 0.502 e. The molecular formula is C24H29N3O5S. The first-order valence-corrected chi connectivity index (χ1v) is 12.5. The number of amides is 1. The first-order chi connectivity index (χ1) is 15.9. The molecule has 2 aromatic heterocycles. The van der Waals surface area contributed by atoms with Gasteiger partial charge in [-0.3, -0.25) is 9.59 Å². The van der Waals surface area contributed by atoms with Gasteiger partial charge in [0.25, 0.3) is 0 Å². The molecule has 0 spiro atoms. The molecule has 3 heterocycles. The second kappa shape index (κ2) is 10.0. The number of nitrogens with zero attached hydrogens (tertiary/aromatic N) is 1. The lowest BCUT2D eigenvalue weighted by atomic mass is 9.74. The molecule has 9 heteroatoms. The third kappa shape index (κ3) is 5.09. The molecule has 0 saturated carbocycles. The van der Waals surface area contributed by atoms with E-state index >= 15 is 0 Å². The van der Waals surface area contributed by atoms with Crippen LogP contribution in [0.1, 0.15) is 49.1 Å². The first-order valence-electron chi connectivity index (χ1n) is 11.1. The molecule has 0 bridgehead atoms. The fourth-order valence-electron chi connectivity index (χ4n) is 4.41. The molecule has 1 aliphatic rings. The highest BCUT2D eigenvalue weighted by atomic mass is 32.2. The number of H-pyrrole nitrogens is 1. The average molecular weight is 472 g/mol. The average Bonchev–Trinajstić information content (AvgIpc) is 3.23. The van der Waals surface area contributed by atoms with E-state index < -0.39 is 16.6 Å². The van der Waals surface area contributed by atoms with Crippen LogP contribution in [0.4, 0.5) is 0 Å². The molecule has 1 aliphatic heterocycles. The minimum absolute atomic E-state index is 0.0757. The van der Waals surface area contributed by atoms with Crippen molar-refractivity contribution < 1.29 is 19.1 Å². The van der Waals surface area contributed by atoms with Gasteiger partial charge in [-0.1, -0.05) is 12.1 Å². The number of rotatable bonds is 8. The molecule has 1 saturated heterocycles. The van der Waals surface area contributed by atoms with Crippen LogP contribution in [0.2, 0.25) is 0 Å². The molecule has 1 amide bonds. The van der Waals surface area contributed by atoms with Crippen molar-refractivity contribution in [3.05, 3.63) is 57.9 Å². The van der Waals surface area contributed by atoms with Crippen molar-refractivity contribution >= 4 is 28.7 Å². The topological polar surface area (TPSA) is 117 Å². The molecule has 33 heavy (non-hydrogen) atoms. The monoisotopic (exact) mass is 471 g/mol. The van der Waals surface area contributed by atoms with Crippen molar-refractivity contribution in [2.45, 2.75) is 44.1 Å². The predicted molar refractivity (Wildman–Crippen MR) is 128 cm³/mol. The highest BCUT2D eigenvalue weighted by Gasteiger charge is 2.42. The summed E-state index contributed by atoms with van der Waals surface area (Å²) in [6, 6.07) is 8.73. The summed E-state index contributed by atoms with van der Waals surface area (Å²) in [5.41, 5.74) is 0.460. The smallest absolute Gasteiger partial charge is 0.227 e. The van der Waals surface area contributed by atoms with Crippen molar-refractivity contribution in [3.8, 4) is 5.75 Å². The Balaban J connectivity index is 1.61. The number of aryl methyl sites for hydroxylation is 1. The van der Waals surface area contributed by atoms with Crippen LogP contribution in [0, 0.1) is 6.92 Å². The Kier molecular flexibility index (Phi) is 7.09. The number of aromatic amines is 1. The maximum Gasteiger partial charge on any atom is 0.227 e. The van der Waals surface area contributed by atoms with E-state index in [-0.39, 0.29) is 24.1 Å². The zero-order valence-electron chi connectivity index (χ0n) is 18.8. The van der Waals surface area contributed by atoms with Crippen molar-refractivity contribution in [3.63, 3.8) is 0 Å². The van der Waals surface area contributed by atoms with E-state index in [1.165, 1.54) is 6.07 Å². The lowest BCUT2D eigenvalue weighted by molar-refractivity contribution is -0.124. The Morgan fingerprint density at radius 1 is 1.33 bits per heavy atom. The number of nitrogens with one attached hydrogen (secondary N) is 2. The fourth-order valence-corrected chi connectivity index (χ4v) is 4.88. The number of carbonyl (C=O) groups excluding carboxylic acids is 1. The number of hydrogen-bond acceptors (Lipinski definition) is 7. The van der Waals surface area contributed by atoms with Gasteiger partial charge in [0.15, 0.2) is 5.76 Å². The first kappa shape index (κ1) is 23.4. The quantitative estimate of drug-likeness (QED) is 0.460. The Morgan fingerprint density at radius 2 is 2.09 bits per heavy atom. The molecule has 1 atom stereocenters. The molecule has 8 nitrogen and oxygen atoms in total. The lowest BCUT2D eigenvalue weighted by Crippen LogP contribution is -2.41. The molecular weight excluding hydrogens is 442 g/mol. The molecule has 0 unspecified atom stereocenters. The van der Waals surface area contributed by atoms with Gasteiger partial charge in [0, 0.05) is 31.1 Å². The summed E-state index contributed by atoms with van der Waals surface area (Å²) in [4.78, 5) is 33.6. The van der Waals surface area contributed by atoms with E-state index in [4.69, 9.17) is 9.15 Å².